The van der Waals surface area contributed by atoms with Crippen LogP contribution >= 0.6 is 0 Å². The molecule has 9 nitrogen and oxygen atoms in total. The summed E-state index contributed by atoms with van der Waals surface area (Å²) in [6, 6.07) is 4.31. The first kappa shape index (κ1) is 30.3. The van der Waals surface area contributed by atoms with Gasteiger partial charge in [0.2, 0.25) is 10.0 Å². The minimum Gasteiger partial charge on any atom is -0.490 e. The molecule has 1 heterocycles. The average molecular weight is 528 g/mol. The monoisotopic (exact) mass is 527 g/mol. The lowest BCUT2D eigenvalue weighted by molar-refractivity contribution is -0.0167. The van der Waals surface area contributed by atoms with Gasteiger partial charge in [0.1, 0.15) is 5.75 Å². The molecule has 2 N–H and O–H groups in total. The Bertz CT molecular complexity index is 942. The maximum absolute atomic E-state index is 13.9. The van der Waals surface area contributed by atoms with Gasteiger partial charge in [0.05, 0.1) is 36.7 Å². The Morgan fingerprint density at radius 3 is 2.64 bits per heavy atom. The molecule has 10 heteroatoms. The van der Waals surface area contributed by atoms with Gasteiger partial charge in [0, 0.05) is 31.3 Å². The molecule has 4 atom stereocenters. The Balaban J connectivity index is 2.48. The molecule has 0 spiro atoms. The Hall–Kier alpha value is -1.88. The first-order valence-corrected chi connectivity index (χ1v) is 14.8. The first-order valence-electron chi connectivity index (χ1n) is 13.0. The van der Waals surface area contributed by atoms with Crippen LogP contribution in [0.3, 0.4) is 0 Å². The summed E-state index contributed by atoms with van der Waals surface area (Å²) in [4.78, 5) is 17.8. The second-order valence-electron chi connectivity index (χ2n) is 10.1. The predicted octanol–water partition coefficient (Wildman–Crippen LogP) is 3.20. The van der Waals surface area contributed by atoms with E-state index in [1.807, 2.05) is 6.92 Å². The fourth-order valence-corrected chi connectivity index (χ4v) is 5.00. The predicted molar refractivity (Wildman–Crippen MR) is 143 cm³/mol. The van der Waals surface area contributed by atoms with Crippen molar-refractivity contribution >= 4 is 21.6 Å². The van der Waals surface area contributed by atoms with Crippen molar-refractivity contribution in [2.24, 2.45) is 5.92 Å². The van der Waals surface area contributed by atoms with Crippen LogP contribution in [0.25, 0.3) is 0 Å². The van der Waals surface area contributed by atoms with Gasteiger partial charge in [0.15, 0.2) is 0 Å². The SMILES string of the molecule is CCCN(C)C[C@H]1OCCCC[C@H](C)Oc2ccc(NS(C)(=O)=O)cc2C(=O)N([C@H](C)CO)C[C@H]1C. The fourth-order valence-electron chi connectivity index (χ4n) is 4.44. The van der Waals surface area contributed by atoms with Crippen LogP contribution in [0.1, 0.15) is 63.7 Å². The number of hydrogen-bond acceptors (Lipinski definition) is 7. The summed E-state index contributed by atoms with van der Waals surface area (Å²) in [6.07, 6.45) is 4.54. The van der Waals surface area contributed by atoms with Crippen molar-refractivity contribution in [3.8, 4) is 5.75 Å². The molecular formula is C26H45N3O6S. The molecule has 1 amide bonds. The topological polar surface area (TPSA) is 108 Å². The van der Waals surface area contributed by atoms with E-state index in [0.717, 1.165) is 45.0 Å². The zero-order valence-electron chi connectivity index (χ0n) is 22.7. The molecule has 0 aliphatic carbocycles. The van der Waals surface area contributed by atoms with Crippen LogP contribution in [-0.2, 0) is 14.8 Å². The number of likely N-dealkylation sites (N-methyl/N-ethyl adjacent to an activating group) is 1. The number of fused-ring (bicyclic) bond motifs is 1. The lowest BCUT2D eigenvalue weighted by Crippen LogP contribution is -2.47. The number of anilines is 1. The number of carbonyl (C=O) groups excluding carboxylic acids is 1. The van der Waals surface area contributed by atoms with E-state index >= 15 is 0 Å². The second-order valence-corrected chi connectivity index (χ2v) is 11.9. The van der Waals surface area contributed by atoms with Crippen molar-refractivity contribution in [2.75, 3.05) is 50.9 Å². The number of nitrogens with one attached hydrogen (secondary N) is 1. The zero-order chi connectivity index (χ0) is 26.9. The molecule has 36 heavy (non-hydrogen) atoms. The van der Waals surface area contributed by atoms with Gasteiger partial charge in [-0.3, -0.25) is 9.52 Å². The Labute approximate surface area is 217 Å². The van der Waals surface area contributed by atoms with Crippen LogP contribution in [0.5, 0.6) is 5.75 Å². The highest BCUT2D eigenvalue weighted by molar-refractivity contribution is 7.92. The number of nitrogens with zero attached hydrogens (tertiary/aromatic N) is 2. The largest absolute Gasteiger partial charge is 0.490 e. The molecule has 1 aromatic carbocycles. The number of aliphatic hydroxyl groups excluding tert-OH is 1. The second kappa shape index (κ2) is 14.2. The minimum atomic E-state index is -3.52. The van der Waals surface area contributed by atoms with Gasteiger partial charge < -0.3 is 24.4 Å². The quantitative estimate of drug-likeness (QED) is 0.534. The summed E-state index contributed by atoms with van der Waals surface area (Å²) in [7, 11) is -1.45. The summed E-state index contributed by atoms with van der Waals surface area (Å²) in [5.41, 5.74) is 0.551. The standard InChI is InChI=1S/C26H45N3O6S/c1-7-13-28(5)17-25-19(2)16-29(20(3)18-30)26(31)23-15-22(27-36(6,32)33)11-12-24(23)35-21(4)10-8-9-14-34-25/h11-12,15,19-21,25,27,30H,7-10,13-14,16-18H2,1-6H3/t19-,20-,21+,25-/m1/s1. The fraction of sp³-hybridized carbons (Fsp3) is 0.731. The van der Waals surface area contributed by atoms with Crippen molar-refractivity contribution in [2.45, 2.75) is 71.6 Å². The molecular weight excluding hydrogens is 482 g/mol. The summed E-state index contributed by atoms with van der Waals surface area (Å²) in [5, 5.41) is 9.98. The molecule has 1 aromatic rings. The highest BCUT2D eigenvalue weighted by Crippen LogP contribution is 2.28. The van der Waals surface area contributed by atoms with Gasteiger partial charge in [0.25, 0.3) is 5.91 Å². The number of sulfonamides is 1. The van der Waals surface area contributed by atoms with Crippen LogP contribution in [0.4, 0.5) is 5.69 Å². The number of hydrogen-bond donors (Lipinski definition) is 2. The number of aliphatic hydroxyl groups is 1. The molecule has 0 unspecified atom stereocenters. The van der Waals surface area contributed by atoms with E-state index in [9.17, 15) is 18.3 Å². The maximum Gasteiger partial charge on any atom is 0.258 e. The van der Waals surface area contributed by atoms with E-state index in [4.69, 9.17) is 9.47 Å². The molecule has 1 aliphatic rings. The first-order chi connectivity index (χ1) is 16.9. The highest BCUT2D eigenvalue weighted by Gasteiger charge is 2.30. The molecule has 0 saturated carbocycles. The van der Waals surface area contributed by atoms with Crippen LogP contribution in [0.2, 0.25) is 0 Å². The van der Waals surface area contributed by atoms with Crippen molar-refractivity contribution < 1.29 is 27.8 Å². The third kappa shape index (κ3) is 9.53. The van der Waals surface area contributed by atoms with Gasteiger partial charge in [-0.1, -0.05) is 13.8 Å². The summed E-state index contributed by atoms with van der Waals surface area (Å²) >= 11 is 0. The smallest absolute Gasteiger partial charge is 0.258 e. The number of carbonyl (C=O) groups is 1. The molecule has 206 valence electrons. The summed E-state index contributed by atoms with van der Waals surface area (Å²) < 4.78 is 38.6. The van der Waals surface area contributed by atoms with Crippen LogP contribution < -0.4 is 9.46 Å². The van der Waals surface area contributed by atoms with Crippen LogP contribution in [0.15, 0.2) is 18.2 Å². The average Bonchev–Trinajstić information content (AvgIpc) is 2.80. The molecule has 0 fully saturated rings. The van der Waals surface area contributed by atoms with Gasteiger partial charge in [-0.05, 0) is 71.3 Å². The molecule has 0 aromatic heterocycles. The Kier molecular flexibility index (Phi) is 11.9. The third-order valence-corrected chi connectivity index (χ3v) is 7.06. The van der Waals surface area contributed by atoms with Gasteiger partial charge >= 0.3 is 0 Å². The molecule has 0 bridgehead atoms. The van der Waals surface area contributed by atoms with Crippen LogP contribution in [-0.4, -0.2) is 93.6 Å². The Morgan fingerprint density at radius 1 is 1.28 bits per heavy atom. The lowest BCUT2D eigenvalue weighted by atomic mass is 10.0. The third-order valence-electron chi connectivity index (χ3n) is 6.45. The van der Waals surface area contributed by atoms with Crippen molar-refractivity contribution in [3.63, 3.8) is 0 Å². The number of ether oxygens (including phenoxy) is 2. The van der Waals surface area contributed by atoms with E-state index in [1.54, 1.807) is 24.0 Å². The summed E-state index contributed by atoms with van der Waals surface area (Å²) in [5.74, 6) is 0.0909. The van der Waals surface area contributed by atoms with E-state index in [0.29, 0.717) is 18.9 Å². The molecule has 0 radical (unpaired) electrons. The molecule has 0 saturated heterocycles. The van der Waals surface area contributed by atoms with Crippen molar-refractivity contribution in [3.05, 3.63) is 23.8 Å². The summed E-state index contributed by atoms with van der Waals surface area (Å²) in [6.45, 7) is 10.5. The van der Waals surface area contributed by atoms with Crippen molar-refractivity contribution in [1.82, 2.24) is 9.80 Å². The van der Waals surface area contributed by atoms with E-state index in [2.05, 4.69) is 30.5 Å². The number of rotatable bonds is 8. The highest BCUT2D eigenvalue weighted by atomic mass is 32.2. The number of benzene rings is 1. The van der Waals surface area contributed by atoms with E-state index < -0.39 is 16.1 Å². The van der Waals surface area contributed by atoms with E-state index in [1.165, 1.54) is 6.07 Å². The van der Waals surface area contributed by atoms with Crippen LogP contribution in [0, 0.1) is 5.92 Å². The Morgan fingerprint density at radius 2 is 2.00 bits per heavy atom. The van der Waals surface area contributed by atoms with Gasteiger partial charge in [-0.25, -0.2) is 8.42 Å². The lowest BCUT2D eigenvalue weighted by Gasteiger charge is -2.35. The van der Waals surface area contributed by atoms with Gasteiger partial charge in [-0.15, -0.1) is 0 Å². The van der Waals surface area contributed by atoms with Crippen molar-refractivity contribution in [1.29, 1.82) is 0 Å². The normalized spacial score (nSPS) is 23.5. The zero-order valence-corrected chi connectivity index (χ0v) is 23.5. The van der Waals surface area contributed by atoms with E-state index in [-0.39, 0.29) is 41.9 Å². The minimum absolute atomic E-state index is 0.00539. The molecule has 2 rings (SSSR count). The van der Waals surface area contributed by atoms with Gasteiger partial charge in [-0.2, -0.15) is 0 Å². The number of amides is 1. The molecule has 1 aliphatic heterocycles. The maximum atomic E-state index is 13.9.